The Labute approximate surface area is 170 Å². The summed E-state index contributed by atoms with van der Waals surface area (Å²) in [5.74, 6) is -0.174. The first-order valence-electron chi connectivity index (χ1n) is 8.14. The predicted molar refractivity (Wildman–Crippen MR) is 111 cm³/mol. The van der Waals surface area contributed by atoms with Crippen molar-refractivity contribution in [3.05, 3.63) is 88.2 Å². The lowest BCUT2D eigenvalue weighted by molar-refractivity contribution is 0.0985. The molecule has 0 atom stereocenters. The van der Waals surface area contributed by atoms with E-state index in [0.29, 0.717) is 32.8 Å². The van der Waals surface area contributed by atoms with Crippen molar-refractivity contribution in [1.82, 2.24) is 9.97 Å². The molecular formula is C20H13Cl2N3OS. The van der Waals surface area contributed by atoms with Gasteiger partial charge in [0.25, 0.3) is 5.91 Å². The van der Waals surface area contributed by atoms with Gasteiger partial charge in [0.15, 0.2) is 5.13 Å². The number of halogens is 2. The summed E-state index contributed by atoms with van der Waals surface area (Å²) in [5.41, 5.74) is 1.99. The number of carbonyl (C=O) groups excluding carboxylic acids is 1. The molecule has 4 rings (SSSR count). The summed E-state index contributed by atoms with van der Waals surface area (Å²) in [6, 6.07) is 18.0. The lowest BCUT2D eigenvalue weighted by Gasteiger charge is -2.19. The molecule has 7 heteroatoms. The molecule has 0 N–H and O–H groups in total. The lowest BCUT2D eigenvalue weighted by atomic mass is 10.2. The van der Waals surface area contributed by atoms with Crippen LogP contribution in [0.1, 0.15) is 16.1 Å². The molecule has 0 unspecified atom stereocenters. The Morgan fingerprint density at radius 3 is 2.52 bits per heavy atom. The number of amides is 1. The van der Waals surface area contributed by atoms with Crippen LogP contribution in [0.3, 0.4) is 0 Å². The summed E-state index contributed by atoms with van der Waals surface area (Å²) in [6.45, 7) is 0.305. The van der Waals surface area contributed by atoms with Gasteiger partial charge in [-0.05, 0) is 48.5 Å². The molecule has 134 valence electrons. The van der Waals surface area contributed by atoms with E-state index in [2.05, 4.69) is 9.97 Å². The molecule has 0 saturated carbocycles. The first kappa shape index (κ1) is 17.9. The van der Waals surface area contributed by atoms with Crippen molar-refractivity contribution in [1.29, 1.82) is 0 Å². The molecule has 1 amide bonds. The highest BCUT2D eigenvalue weighted by Crippen LogP contribution is 2.34. The van der Waals surface area contributed by atoms with Gasteiger partial charge in [-0.3, -0.25) is 14.7 Å². The lowest BCUT2D eigenvalue weighted by Crippen LogP contribution is -2.30. The van der Waals surface area contributed by atoms with Gasteiger partial charge in [0, 0.05) is 16.8 Å². The molecule has 0 bridgehead atoms. The molecule has 0 spiro atoms. The highest BCUT2D eigenvalue weighted by Gasteiger charge is 2.22. The number of fused-ring (bicyclic) bond motifs is 1. The molecule has 0 fully saturated rings. The fourth-order valence-corrected chi connectivity index (χ4v) is 4.04. The van der Waals surface area contributed by atoms with Gasteiger partial charge in [0.05, 0.1) is 22.0 Å². The van der Waals surface area contributed by atoms with Gasteiger partial charge < -0.3 is 0 Å². The Kier molecular flexibility index (Phi) is 5.07. The smallest absolute Gasteiger partial charge is 0.260 e. The summed E-state index contributed by atoms with van der Waals surface area (Å²) in [4.78, 5) is 23.8. The molecule has 27 heavy (non-hydrogen) atoms. The highest BCUT2D eigenvalue weighted by molar-refractivity contribution is 7.22. The number of carbonyl (C=O) groups is 1. The van der Waals surface area contributed by atoms with Gasteiger partial charge in [-0.2, -0.15) is 0 Å². The van der Waals surface area contributed by atoms with Crippen molar-refractivity contribution >= 4 is 55.8 Å². The molecule has 0 aliphatic rings. The summed E-state index contributed by atoms with van der Waals surface area (Å²) in [7, 11) is 0. The van der Waals surface area contributed by atoms with Crippen LogP contribution in [0.25, 0.3) is 10.2 Å². The van der Waals surface area contributed by atoms with Crippen LogP contribution in [0.15, 0.2) is 66.9 Å². The topological polar surface area (TPSA) is 46.1 Å². The molecule has 4 nitrogen and oxygen atoms in total. The average molecular weight is 414 g/mol. The third kappa shape index (κ3) is 3.81. The van der Waals surface area contributed by atoms with Gasteiger partial charge in [-0.25, -0.2) is 4.98 Å². The number of benzene rings is 2. The largest absolute Gasteiger partial charge is 0.278 e. The van der Waals surface area contributed by atoms with Crippen LogP contribution in [0.4, 0.5) is 5.13 Å². The Bertz CT molecular complexity index is 1100. The minimum atomic E-state index is -0.174. The molecule has 0 aliphatic carbocycles. The molecule has 0 radical (unpaired) electrons. The standard InChI is InChI=1S/C20H13Cl2N3OS/c21-14-9-7-13(8-10-14)19(26)25(12-15-4-1-2-11-23-15)20-24-18-16(22)5-3-6-17(18)27-20/h1-11H,12H2. The summed E-state index contributed by atoms with van der Waals surface area (Å²) in [6.07, 6.45) is 1.70. The Hall–Kier alpha value is -2.47. The maximum absolute atomic E-state index is 13.2. The number of para-hydroxylation sites is 1. The van der Waals surface area contributed by atoms with Crippen molar-refractivity contribution in [3.8, 4) is 0 Å². The SMILES string of the molecule is O=C(c1ccc(Cl)cc1)N(Cc1ccccn1)c1nc2c(Cl)cccc2s1. The molecule has 2 aromatic carbocycles. The van der Waals surface area contributed by atoms with E-state index in [1.807, 2.05) is 30.3 Å². The molecule has 4 aromatic rings. The minimum Gasteiger partial charge on any atom is -0.278 e. The monoisotopic (exact) mass is 413 g/mol. The van der Waals surface area contributed by atoms with Crippen molar-refractivity contribution < 1.29 is 4.79 Å². The number of thiazole rings is 1. The number of hydrogen-bond donors (Lipinski definition) is 0. The van der Waals surface area contributed by atoms with Crippen molar-refractivity contribution in [3.63, 3.8) is 0 Å². The van der Waals surface area contributed by atoms with E-state index in [0.717, 1.165) is 10.4 Å². The van der Waals surface area contributed by atoms with E-state index < -0.39 is 0 Å². The fourth-order valence-electron chi connectivity index (χ4n) is 2.65. The zero-order valence-electron chi connectivity index (χ0n) is 14.0. The minimum absolute atomic E-state index is 0.174. The summed E-state index contributed by atoms with van der Waals surface area (Å²) in [5, 5.41) is 1.71. The van der Waals surface area contributed by atoms with Crippen LogP contribution in [0, 0.1) is 0 Å². The quantitative estimate of drug-likeness (QED) is 0.421. The van der Waals surface area contributed by atoms with E-state index in [4.69, 9.17) is 23.2 Å². The summed E-state index contributed by atoms with van der Waals surface area (Å²) < 4.78 is 0.924. The second kappa shape index (κ2) is 7.64. The second-order valence-corrected chi connectivity index (χ2v) is 7.66. The number of hydrogen-bond acceptors (Lipinski definition) is 4. The first-order valence-corrected chi connectivity index (χ1v) is 9.71. The zero-order valence-corrected chi connectivity index (χ0v) is 16.3. The van der Waals surface area contributed by atoms with Crippen LogP contribution >= 0.6 is 34.5 Å². The highest BCUT2D eigenvalue weighted by atomic mass is 35.5. The van der Waals surface area contributed by atoms with E-state index in [9.17, 15) is 4.79 Å². The van der Waals surface area contributed by atoms with Crippen LogP contribution in [-0.2, 0) is 6.54 Å². The Morgan fingerprint density at radius 1 is 1.00 bits per heavy atom. The van der Waals surface area contributed by atoms with Crippen LogP contribution in [0.2, 0.25) is 10.0 Å². The number of nitrogens with zero attached hydrogens (tertiary/aromatic N) is 3. The fraction of sp³-hybridized carbons (Fsp3) is 0.0500. The van der Waals surface area contributed by atoms with Gasteiger partial charge >= 0.3 is 0 Å². The number of pyridine rings is 1. The van der Waals surface area contributed by atoms with Crippen molar-refractivity contribution in [2.24, 2.45) is 0 Å². The predicted octanol–water partition coefficient (Wildman–Crippen LogP) is 5.85. The number of anilines is 1. The average Bonchev–Trinajstić information content (AvgIpc) is 3.12. The van der Waals surface area contributed by atoms with E-state index >= 15 is 0 Å². The Morgan fingerprint density at radius 2 is 1.81 bits per heavy atom. The second-order valence-electron chi connectivity index (χ2n) is 5.80. The van der Waals surface area contributed by atoms with Gasteiger partial charge in [-0.1, -0.05) is 46.7 Å². The maximum Gasteiger partial charge on any atom is 0.260 e. The third-order valence-corrected chi connectivity index (χ3v) is 5.57. The van der Waals surface area contributed by atoms with Gasteiger partial charge in [0.2, 0.25) is 0 Å². The molecule has 2 heterocycles. The maximum atomic E-state index is 13.2. The van der Waals surface area contributed by atoms with E-state index in [-0.39, 0.29) is 5.91 Å². The van der Waals surface area contributed by atoms with E-state index in [1.54, 1.807) is 41.4 Å². The Balaban J connectivity index is 1.78. The molecule has 2 aromatic heterocycles. The molecule has 0 saturated heterocycles. The first-order chi connectivity index (χ1) is 13.1. The van der Waals surface area contributed by atoms with Crippen LogP contribution in [0.5, 0.6) is 0 Å². The third-order valence-electron chi connectivity index (χ3n) is 3.97. The number of aromatic nitrogens is 2. The van der Waals surface area contributed by atoms with Gasteiger partial charge in [-0.15, -0.1) is 0 Å². The van der Waals surface area contributed by atoms with Crippen molar-refractivity contribution in [2.45, 2.75) is 6.54 Å². The molecular weight excluding hydrogens is 401 g/mol. The van der Waals surface area contributed by atoms with Crippen LogP contribution < -0.4 is 4.90 Å². The van der Waals surface area contributed by atoms with Crippen LogP contribution in [-0.4, -0.2) is 15.9 Å². The zero-order chi connectivity index (χ0) is 18.8. The number of rotatable bonds is 4. The van der Waals surface area contributed by atoms with E-state index in [1.165, 1.54) is 11.3 Å². The normalized spacial score (nSPS) is 10.9. The van der Waals surface area contributed by atoms with Crippen molar-refractivity contribution in [2.75, 3.05) is 4.90 Å². The molecule has 0 aliphatic heterocycles. The summed E-state index contributed by atoms with van der Waals surface area (Å²) >= 11 is 13.6. The van der Waals surface area contributed by atoms with Gasteiger partial charge in [0.1, 0.15) is 5.52 Å².